The minimum Gasteiger partial charge on any atom is -0.476 e. The van der Waals surface area contributed by atoms with Crippen LogP contribution >= 0.6 is 23.2 Å². The molecule has 0 spiro atoms. The molecule has 2 aliphatic rings. The number of anilines is 1. The monoisotopic (exact) mass is 588 g/mol. The number of hydrogen-bond donors (Lipinski definition) is 3. The van der Waals surface area contributed by atoms with E-state index in [9.17, 15) is 22.8 Å². The van der Waals surface area contributed by atoms with Gasteiger partial charge < -0.3 is 25.4 Å². The Morgan fingerprint density at radius 1 is 1.15 bits per heavy atom. The first-order chi connectivity index (χ1) is 18.2. The Morgan fingerprint density at radius 2 is 1.82 bits per heavy atom. The highest BCUT2D eigenvalue weighted by Gasteiger charge is 2.43. The molecule has 39 heavy (non-hydrogen) atoms. The zero-order valence-corrected chi connectivity index (χ0v) is 22.8. The Hall–Kier alpha value is -2.76. The van der Waals surface area contributed by atoms with Crippen molar-refractivity contribution in [1.29, 1.82) is 0 Å². The number of aromatic nitrogens is 1. The summed E-state index contributed by atoms with van der Waals surface area (Å²) in [5.74, 6) is -0.0157. The Balaban J connectivity index is 1.34. The Kier molecular flexibility index (Phi) is 8.53. The van der Waals surface area contributed by atoms with Crippen LogP contribution < -0.4 is 20.3 Å². The number of carbonyl (C=O) groups is 2. The molecule has 4 rings (SSSR count). The number of nitrogens with one attached hydrogen (secondary N) is 2. The van der Waals surface area contributed by atoms with Crippen molar-refractivity contribution in [2.75, 3.05) is 11.4 Å². The van der Waals surface area contributed by atoms with Gasteiger partial charge in [-0.15, -0.1) is 0 Å². The molecule has 4 atom stereocenters. The van der Waals surface area contributed by atoms with Gasteiger partial charge in [-0.25, -0.2) is 4.98 Å². The van der Waals surface area contributed by atoms with Crippen molar-refractivity contribution in [2.24, 2.45) is 0 Å². The first kappa shape index (κ1) is 29.2. The highest BCUT2D eigenvalue weighted by Crippen LogP contribution is 2.39. The summed E-state index contributed by atoms with van der Waals surface area (Å²) >= 11 is 12.1. The second-order valence-corrected chi connectivity index (χ2v) is 11.1. The van der Waals surface area contributed by atoms with Crippen molar-refractivity contribution in [3.8, 4) is 5.75 Å². The van der Waals surface area contributed by atoms with Gasteiger partial charge in [-0.1, -0.05) is 23.2 Å². The molecule has 3 heterocycles. The number of aliphatic hydroxyl groups excluding tert-OH is 1. The Morgan fingerprint density at radius 3 is 2.38 bits per heavy atom. The highest BCUT2D eigenvalue weighted by molar-refractivity contribution is 6.35. The molecule has 2 aromatic rings. The van der Waals surface area contributed by atoms with Crippen molar-refractivity contribution < 1.29 is 32.6 Å². The molecule has 13 heteroatoms. The molecule has 2 bridgehead atoms. The van der Waals surface area contributed by atoms with E-state index in [0.717, 1.165) is 12.8 Å². The fourth-order valence-electron chi connectivity index (χ4n) is 4.99. The average Bonchev–Trinajstić information content (AvgIpc) is 3.13. The number of amides is 2. The predicted octanol–water partition coefficient (Wildman–Crippen LogP) is 4.52. The maximum Gasteiger partial charge on any atom is 0.416 e. The number of pyridine rings is 1. The van der Waals surface area contributed by atoms with Crippen LogP contribution in [0.3, 0.4) is 0 Å². The maximum atomic E-state index is 13.1. The molecular formula is C26H29Cl2F3N4O4. The van der Waals surface area contributed by atoms with E-state index in [4.69, 9.17) is 33.0 Å². The fraction of sp³-hybridized carbons (Fsp3) is 0.500. The van der Waals surface area contributed by atoms with E-state index in [1.807, 2.05) is 0 Å². The predicted molar refractivity (Wildman–Crippen MR) is 140 cm³/mol. The first-order valence-electron chi connectivity index (χ1n) is 12.5. The molecule has 0 saturated carbocycles. The molecule has 2 saturated heterocycles. The molecule has 3 N–H and O–H groups in total. The number of carbonyl (C=O) groups excluding carboxylic acids is 2. The second-order valence-electron chi connectivity index (χ2n) is 10.3. The van der Waals surface area contributed by atoms with E-state index in [2.05, 4.69) is 20.5 Å². The average molecular weight is 589 g/mol. The lowest BCUT2D eigenvalue weighted by atomic mass is 9.96. The van der Waals surface area contributed by atoms with Crippen molar-refractivity contribution >= 4 is 40.8 Å². The first-order valence-corrected chi connectivity index (χ1v) is 13.2. The van der Waals surface area contributed by atoms with E-state index in [1.165, 1.54) is 12.3 Å². The molecule has 8 nitrogen and oxygen atoms in total. The lowest BCUT2D eigenvalue weighted by molar-refractivity contribution is -0.201. The number of fused-ring (bicyclic) bond motifs is 2. The number of benzene rings is 1. The van der Waals surface area contributed by atoms with Crippen molar-refractivity contribution in [3.05, 3.63) is 52.1 Å². The number of hydrogen-bond acceptors (Lipinski definition) is 6. The summed E-state index contributed by atoms with van der Waals surface area (Å²) in [6, 6.07) is 8.13. The standard InChI is InChI=1S/C26H29Cl2F3N4O4/c1-25(2,39-20-7-4-15(27)9-19(20)28)24(38)34-16-10-17-5-6-18(11-16)35(17)22-8-3-14(12-32-22)23(37)33-13-21(36)26(29,30)31/h3-4,7-9,12,16-18,21,36H,5-6,10-11,13H2,1-2H3,(H,33,37)(H,34,38)/t16?,17-,18+,21-/m0/s1. The van der Waals surface area contributed by atoms with Crippen molar-refractivity contribution in [2.45, 2.75) is 75.5 Å². The molecule has 1 unspecified atom stereocenters. The van der Waals surface area contributed by atoms with Crippen LogP contribution in [0.4, 0.5) is 19.0 Å². The van der Waals surface area contributed by atoms with Crippen LogP contribution in [-0.2, 0) is 4.79 Å². The van der Waals surface area contributed by atoms with Gasteiger partial charge in [-0.2, -0.15) is 13.2 Å². The van der Waals surface area contributed by atoms with Crippen LogP contribution in [0.25, 0.3) is 0 Å². The molecular weight excluding hydrogens is 560 g/mol. The summed E-state index contributed by atoms with van der Waals surface area (Å²) in [6.07, 6.45) is -2.93. The van der Waals surface area contributed by atoms with Gasteiger partial charge in [0, 0.05) is 29.3 Å². The minimum atomic E-state index is -4.81. The number of piperidine rings is 1. The Labute approximate surface area is 233 Å². The normalized spacial score (nSPS) is 21.8. The van der Waals surface area contributed by atoms with E-state index < -0.39 is 30.3 Å². The van der Waals surface area contributed by atoms with E-state index in [1.54, 1.807) is 38.1 Å². The topological polar surface area (TPSA) is 104 Å². The zero-order chi connectivity index (χ0) is 28.5. The SMILES string of the molecule is CC(C)(Oc1ccc(Cl)cc1Cl)C(=O)NC1C[C@H]2CC[C@@H](C1)N2c1ccc(C(=O)NC[C@H](O)C(F)(F)F)cn1. The lowest BCUT2D eigenvalue weighted by Crippen LogP contribution is -2.55. The summed E-state index contributed by atoms with van der Waals surface area (Å²) in [6.45, 7) is 2.40. The van der Waals surface area contributed by atoms with Gasteiger partial charge in [0.1, 0.15) is 11.6 Å². The Bertz CT molecular complexity index is 1200. The van der Waals surface area contributed by atoms with Crippen LogP contribution in [0.1, 0.15) is 49.9 Å². The summed E-state index contributed by atoms with van der Waals surface area (Å²) in [5.41, 5.74) is -1.09. The van der Waals surface area contributed by atoms with Crippen LogP contribution in [0, 0.1) is 0 Å². The van der Waals surface area contributed by atoms with Gasteiger partial charge in [0.25, 0.3) is 11.8 Å². The zero-order valence-electron chi connectivity index (χ0n) is 21.3. The number of alkyl halides is 3. The summed E-state index contributed by atoms with van der Waals surface area (Å²) in [4.78, 5) is 31.8. The van der Waals surface area contributed by atoms with Gasteiger partial charge in [0.15, 0.2) is 11.7 Å². The summed E-state index contributed by atoms with van der Waals surface area (Å²) in [5, 5.41) is 15.0. The largest absolute Gasteiger partial charge is 0.476 e. The number of aliphatic hydroxyl groups is 1. The van der Waals surface area contributed by atoms with Crippen molar-refractivity contribution in [1.82, 2.24) is 15.6 Å². The summed E-state index contributed by atoms with van der Waals surface area (Å²) in [7, 11) is 0. The van der Waals surface area contributed by atoms with Crippen LogP contribution in [0.15, 0.2) is 36.5 Å². The third kappa shape index (κ3) is 6.88. The third-order valence-electron chi connectivity index (χ3n) is 6.98. The quantitative estimate of drug-likeness (QED) is 0.419. The molecule has 2 aliphatic heterocycles. The number of ether oxygens (including phenoxy) is 1. The molecule has 2 amide bonds. The van der Waals surface area contributed by atoms with Gasteiger partial charge in [-0.05, 0) is 69.9 Å². The number of halogens is 5. The lowest BCUT2D eigenvalue weighted by Gasteiger charge is -2.40. The fourth-order valence-corrected chi connectivity index (χ4v) is 5.43. The van der Waals surface area contributed by atoms with Crippen LogP contribution in [0.2, 0.25) is 10.0 Å². The maximum absolute atomic E-state index is 13.1. The van der Waals surface area contributed by atoms with Crippen molar-refractivity contribution in [3.63, 3.8) is 0 Å². The number of rotatable bonds is 8. The van der Waals surface area contributed by atoms with Gasteiger partial charge in [0.05, 0.1) is 17.1 Å². The number of nitrogens with zero attached hydrogens (tertiary/aromatic N) is 2. The van der Waals surface area contributed by atoms with Crippen LogP contribution in [-0.4, -0.2) is 64.5 Å². The summed E-state index contributed by atoms with van der Waals surface area (Å²) < 4.78 is 43.3. The molecule has 2 fully saturated rings. The van der Waals surface area contributed by atoms with Gasteiger partial charge in [0.2, 0.25) is 0 Å². The van der Waals surface area contributed by atoms with Crippen LogP contribution in [0.5, 0.6) is 5.75 Å². The van der Waals surface area contributed by atoms with E-state index in [-0.39, 0.29) is 29.6 Å². The molecule has 0 radical (unpaired) electrons. The van der Waals surface area contributed by atoms with Gasteiger partial charge in [-0.3, -0.25) is 9.59 Å². The van der Waals surface area contributed by atoms with E-state index >= 15 is 0 Å². The minimum absolute atomic E-state index is 0.0695. The molecule has 212 valence electrons. The second kappa shape index (κ2) is 11.4. The molecule has 1 aromatic heterocycles. The molecule has 0 aliphatic carbocycles. The highest BCUT2D eigenvalue weighted by atomic mass is 35.5. The van der Waals surface area contributed by atoms with E-state index in [0.29, 0.717) is 34.5 Å². The molecule has 1 aromatic carbocycles. The van der Waals surface area contributed by atoms with Gasteiger partial charge >= 0.3 is 6.18 Å². The third-order valence-corrected chi connectivity index (χ3v) is 7.51. The smallest absolute Gasteiger partial charge is 0.416 e.